The first-order chi connectivity index (χ1) is 7.26. The number of fused-ring (bicyclic) bond motifs is 1. The van der Waals surface area contributed by atoms with Gasteiger partial charge in [-0.25, -0.2) is 4.98 Å². The van der Waals surface area contributed by atoms with Crippen LogP contribution in [0.25, 0.3) is 0 Å². The Balaban J connectivity index is 2.53. The SMILES string of the molecule is CCc1cc2c(nc1CC)C(=O)CCC2. The summed E-state index contributed by atoms with van der Waals surface area (Å²) in [7, 11) is 0. The van der Waals surface area contributed by atoms with Crippen molar-refractivity contribution in [1.82, 2.24) is 4.98 Å². The number of aryl methyl sites for hydroxylation is 3. The molecule has 0 atom stereocenters. The normalized spacial score (nSPS) is 15.2. The Bertz CT molecular complexity index is 396. The molecule has 0 spiro atoms. The van der Waals surface area contributed by atoms with Gasteiger partial charge in [-0.3, -0.25) is 4.79 Å². The molecule has 0 radical (unpaired) electrons. The molecule has 1 aliphatic rings. The summed E-state index contributed by atoms with van der Waals surface area (Å²) in [5, 5.41) is 0. The molecule has 0 saturated carbocycles. The second kappa shape index (κ2) is 4.13. The van der Waals surface area contributed by atoms with Gasteiger partial charge in [0.2, 0.25) is 0 Å². The number of carbonyl (C=O) groups is 1. The molecule has 1 aromatic heterocycles. The molecule has 2 rings (SSSR count). The fraction of sp³-hybridized carbons (Fsp3) is 0.538. The zero-order valence-electron chi connectivity index (χ0n) is 9.47. The van der Waals surface area contributed by atoms with Crippen molar-refractivity contribution in [2.45, 2.75) is 46.0 Å². The van der Waals surface area contributed by atoms with Crippen molar-refractivity contribution in [2.75, 3.05) is 0 Å². The van der Waals surface area contributed by atoms with E-state index in [4.69, 9.17) is 0 Å². The molecular weight excluding hydrogens is 186 g/mol. The van der Waals surface area contributed by atoms with Crippen molar-refractivity contribution in [2.24, 2.45) is 0 Å². The topological polar surface area (TPSA) is 30.0 Å². The number of pyridine rings is 1. The lowest BCUT2D eigenvalue weighted by Crippen LogP contribution is -2.15. The van der Waals surface area contributed by atoms with E-state index in [-0.39, 0.29) is 5.78 Å². The van der Waals surface area contributed by atoms with Gasteiger partial charge in [-0.15, -0.1) is 0 Å². The minimum absolute atomic E-state index is 0.230. The van der Waals surface area contributed by atoms with Gasteiger partial charge in [-0.2, -0.15) is 0 Å². The summed E-state index contributed by atoms with van der Waals surface area (Å²) in [5.41, 5.74) is 4.33. The molecule has 0 saturated heterocycles. The van der Waals surface area contributed by atoms with Crippen molar-refractivity contribution >= 4 is 5.78 Å². The van der Waals surface area contributed by atoms with Crippen LogP contribution in [0, 0.1) is 0 Å². The predicted molar refractivity (Wildman–Crippen MR) is 60.3 cm³/mol. The van der Waals surface area contributed by atoms with Crippen molar-refractivity contribution in [3.8, 4) is 0 Å². The van der Waals surface area contributed by atoms with Crippen LogP contribution in [0.2, 0.25) is 0 Å². The van der Waals surface area contributed by atoms with Crippen molar-refractivity contribution in [3.05, 3.63) is 28.6 Å². The van der Waals surface area contributed by atoms with Gasteiger partial charge in [0.05, 0.1) is 0 Å². The molecule has 0 aliphatic heterocycles. The quantitative estimate of drug-likeness (QED) is 0.739. The van der Waals surface area contributed by atoms with Gasteiger partial charge in [0.15, 0.2) is 5.78 Å². The predicted octanol–water partition coefficient (Wildman–Crippen LogP) is 2.73. The lowest BCUT2D eigenvalue weighted by molar-refractivity contribution is 0.0967. The number of rotatable bonds is 2. The molecule has 1 heterocycles. The summed E-state index contributed by atoms with van der Waals surface area (Å²) in [6.45, 7) is 4.24. The first-order valence-electron chi connectivity index (χ1n) is 5.81. The van der Waals surface area contributed by atoms with Gasteiger partial charge in [-0.1, -0.05) is 19.9 Å². The van der Waals surface area contributed by atoms with Crippen LogP contribution < -0.4 is 0 Å². The maximum Gasteiger partial charge on any atom is 0.181 e. The van der Waals surface area contributed by atoms with Crippen LogP contribution in [0.15, 0.2) is 6.07 Å². The highest BCUT2D eigenvalue weighted by Gasteiger charge is 2.20. The highest BCUT2D eigenvalue weighted by molar-refractivity contribution is 5.96. The van der Waals surface area contributed by atoms with Gasteiger partial charge in [-0.05, 0) is 36.8 Å². The zero-order valence-corrected chi connectivity index (χ0v) is 9.47. The summed E-state index contributed by atoms with van der Waals surface area (Å²) in [6.07, 6.45) is 4.61. The number of nitrogens with zero attached hydrogens (tertiary/aromatic N) is 1. The third-order valence-corrected chi connectivity index (χ3v) is 3.10. The number of ketones is 1. The molecule has 0 unspecified atom stereocenters. The molecule has 0 aromatic carbocycles. The fourth-order valence-electron chi connectivity index (χ4n) is 2.24. The average Bonchev–Trinajstić information content (AvgIpc) is 2.28. The molecule has 0 N–H and O–H groups in total. The Morgan fingerprint density at radius 2 is 2.07 bits per heavy atom. The van der Waals surface area contributed by atoms with Gasteiger partial charge >= 0.3 is 0 Å². The molecule has 0 bridgehead atoms. The largest absolute Gasteiger partial charge is 0.292 e. The highest BCUT2D eigenvalue weighted by atomic mass is 16.1. The van der Waals surface area contributed by atoms with Gasteiger partial charge in [0.1, 0.15) is 5.69 Å². The lowest BCUT2D eigenvalue weighted by Gasteiger charge is -2.16. The number of hydrogen-bond acceptors (Lipinski definition) is 2. The average molecular weight is 203 g/mol. The van der Waals surface area contributed by atoms with Crippen LogP contribution in [0.5, 0.6) is 0 Å². The summed E-state index contributed by atoms with van der Waals surface area (Å²) >= 11 is 0. The summed E-state index contributed by atoms with van der Waals surface area (Å²) in [6, 6.07) is 2.19. The number of aromatic nitrogens is 1. The molecular formula is C13H17NO. The van der Waals surface area contributed by atoms with Crippen LogP contribution in [-0.2, 0) is 19.3 Å². The smallest absolute Gasteiger partial charge is 0.181 e. The van der Waals surface area contributed by atoms with Gasteiger partial charge in [0, 0.05) is 12.1 Å². The van der Waals surface area contributed by atoms with Crippen LogP contribution in [0.4, 0.5) is 0 Å². The molecule has 0 amide bonds. The van der Waals surface area contributed by atoms with Crippen LogP contribution >= 0.6 is 0 Å². The number of Topliss-reactive ketones (excluding diaryl/α,β-unsaturated/α-hetero) is 1. The van der Waals surface area contributed by atoms with E-state index in [0.29, 0.717) is 6.42 Å². The zero-order chi connectivity index (χ0) is 10.8. The van der Waals surface area contributed by atoms with Crippen molar-refractivity contribution in [1.29, 1.82) is 0 Å². The van der Waals surface area contributed by atoms with Crippen molar-refractivity contribution in [3.63, 3.8) is 0 Å². The van der Waals surface area contributed by atoms with E-state index >= 15 is 0 Å². The second-order valence-electron chi connectivity index (χ2n) is 4.09. The van der Waals surface area contributed by atoms with E-state index in [9.17, 15) is 4.79 Å². The highest BCUT2D eigenvalue weighted by Crippen LogP contribution is 2.22. The standard InChI is InChI=1S/C13H17NO/c1-3-9-8-10-6-5-7-12(15)13(10)14-11(9)4-2/h8H,3-7H2,1-2H3. The maximum absolute atomic E-state index is 11.7. The van der Waals surface area contributed by atoms with Gasteiger partial charge in [0.25, 0.3) is 0 Å². The fourth-order valence-corrected chi connectivity index (χ4v) is 2.24. The first-order valence-corrected chi connectivity index (χ1v) is 5.81. The molecule has 2 heteroatoms. The maximum atomic E-state index is 11.7. The number of carbonyl (C=O) groups excluding carboxylic acids is 1. The second-order valence-corrected chi connectivity index (χ2v) is 4.09. The Kier molecular flexibility index (Phi) is 2.85. The van der Waals surface area contributed by atoms with Gasteiger partial charge < -0.3 is 0 Å². The Hall–Kier alpha value is -1.18. The van der Waals surface area contributed by atoms with Crippen LogP contribution in [0.1, 0.15) is 54.0 Å². The van der Waals surface area contributed by atoms with E-state index in [0.717, 1.165) is 37.1 Å². The summed E-state index contributed by atoms with van der Waals surface area (Å²) in [4.78, 5) is 16.2. The van der Waals surface area contributed by atoms with Crippen molar-refractivity contribution < 1.29 is 4.79 Å². The minimum atomic E-state index is 0.230. The summed E-state index contributed by atoms with van der Waals surface area (Å²) < 4.78 is 0. The third-order valence-electron chi connectivity index (χ3n) is 3.10. The monoisotopic (exact) mass is 203 g/mol. The Morgan fingerprint density at radius 3 is 2.73 bits per heavy atom. The molecule has 80 valence electrons. The van der Waals surface area contributed by atoms with E-state index < -0.39 is 0 Å². The Labute approximate surface area is 90.7 Å². The third kappa shape index (κ3) is 1.81. The van der Waals surface area contributed by atoms with Crippen LogP contribution in [-0.4, -0.2) is 10.8 Å². The van der Waals surface area contributed by atoms with E-state index in [1.165, 1.54) is 11.1 Å². The van der Waals surface area contributed by atoms with E-state index in [2.05, 4.69) is 24.9 Å². The molecule has 15 heavy (non-hydrogen) atoms. The molecule has 0 fully saturated rings. The summed E-state index contributed by atoms with van der Waals surface area (Å²) in [5.74, 6) is 0.230. The molecule has 1 aliphatic carbocycles. The first kappa shape index (κ1) is 10.3. The Morgan fingerprint density at radius 1 is 1.27 bits per heavy atom. The van der Waals surface area contributed by atoms with E-state index in [1.807, 2.05) is 0 Å². The molecule has 2 nitrogen and oxygen atoms in total. The lowest BCUT2D eigenvalue weighted by atomic mass is 9.92. The minimum Gasteiger partial charge on any atom is -0.292 e. The number of hydrogen-bond donors (Lipinski definition) is 0. The molecule has 1 aromatic rings. The van der Waals surface area contributed by atoms with Crippen LogP contribution in [0.3, 0.4) is 0 Å². The van der Waals surface area contributed by atoms with E-state index in [1.54, 1.807) is 0 Å².